The summed E-state index contributed by atoms with van der Waals surface area (Å²) in [4.78, 5) is 26.8. The van der Waals surface area contributed by atoms with E-state index in [0.29, 0.717) is 32.7 Å². The Morgan fingerprint density at radius 1 is 1.24 bits per heavy atom. The first-order valence-corrected chi connectivity index (χ1v) is 14.3. The zero-order chi connectivity index (χ0) is 23.4. The number of amides is 1. The molecule has 33 heavy (non-hydrogen) atoms. The van der Waals surface area contributed by atoms with E-state index in [0.717, 1.165) is 34.8 Å². The van der Waals surface area contributed by atoms with Crippen molar-refractivity contribution in [2.75, 3.05) is 50.1 Å². The average Bonchev–Trinajstić information content (AvgIpc) is 3.15. The van der Waals surface area contributed by atoms with Crippen LogP contribution in [0.3, 0.4) is 0 Å². The molecule has 2 aliphatic heterocycles. The molecular formula is C23H32N4O4S2. The lowest BCUT2D eigenvalue weighted by Crippen LogP contribution is -2.44. The highest BCUT2D eigenvalue weighted by molar-refractivity contribution is 8.00. The van der Waals surface area contributed by atoms with E-state index >= 15 is 0 Å². The summed E-state index contributed by atoms with van der Waals surface area (Å²) in [5.74, 6) is 1.42. The fourth-order valence-corrected chi connectivity index (χ4v) is 6.97. The summed E-state index contributed by atoms with van der Waals surface area (Å²) in [5, 5.41) is 1.72. The second-order valence-electron chi connectivity index (χ2n) is 9.14. The van der Waals surface area contributed by atoms with Crippen molar-refractivity contribution in [3.63, 3.8) is 0 Å². The molecule has 2 saturated heterocycles. The summed E-state index contributed by atoms with van der Waals surface area (Å²) in [6, 6.07) is 7.63. The standard InChI is InChI=1S/C23H32N4O4S2/c1-17(2)13-27(18-7-12-33(29,30)16-18)22(28)15-32-23-19-5-3-4-6-20(19)24-21(25-23)14-26-8-10-31-11-9-26/h3-6,17-18H,7-16H2,1-2H3/t18-/m0/s1. The van der Waals surface area contributed by atoms with Gasteiger partial charge in [-0.2, -0.15) is 0 Å². The van der Waals surface area contributed by atoms with Gasteiger partial charge < -0.3 is 9.64 Å². The normalized spacial score (nSPS) is 21.0. The maximum Gasteiger partial charge on any atom is 0.233 e. The van der Waals surface area contributed by atoms with Gasteiger partial charge in [-0.15, -0.1) is 0 Å². The highest BCUT2D eigenvalue weighted by Gasteiger charge is 2.34. The second-order valence-corrected chi connectivity index (χ2v) is 12.3. The molecule has 8 nitrogen and oxygen atoms in total. The molecule has 180 valence electrons. The number of carbonyl (C=O) groups excluding carboxylic acids is 1. The minimum atomic E-state index is -3.06. The van der Waals surface area contributed by atoms with Crippen LogP contribution in [0.2, 0.25) is 0 Å². The number of hydrogen-bond donors (Lipinski definition) is 0. The number of nitrogens with zero attached hydrogens (tertiary/aromatic N) is 4. The number of aromatic nitrogens is 2. The molecule has 0 bridgehead atoms. The Kier molecular flexibility index (Phi) is 7.88. The van der Waals surface area contributed by atoms with Crippen molar-refractivity contribution >= 4 is 38.4 Å². The summed E-state index contributed by atoms with van der Waals surface area (Å²) >= 11 is 1.41. The molecule has 0 spiro atoms. The maximum atomic E-state index is 13.2. The van der Waals surface area contributed by atoms with Crippen LogP contribution < -0.4 is 0 Å². The first-order valence-electron chi connectivity index (χ1n) is 11.5. The van der Waals surface area contributed by atoms with Crippen LogP contribution in [0.4, 0.5) is 0 Å². The van der Waals surface area contributed by atoms with Crippen LogP contribution in [0.25, 0.3) is 10.9 Å². The van der Waals surface area contributed by atoms with E-state index in [1.807, 2.05) is 38.1 Å². The predicted octanol–water partition coefficient (Wildman–Crippen LogP) is 2.23. The van der Waals surface area contributed by atoms with Crippen LogP contribution in [0.5, 0.6) is 0 Å². The molecule has 4 rings (SSSR count). The molecule has 0 N–H and O–H groups in total. The molecule has 0 aliphatic carbocycles. The van der Waals surface area contributed by atoms with E-state index in [4.69, 9.17) is 14.7 Å². The van der Waals surface area contributed by atoms with Crippen LogP contribution in [0.1, 0.15) is 26.1 Å². The molecule has 2 fully saturated rings. The summed E-state index contributed by atoms with van der Waals surface area (Å²) < 4.78 is 29.5. The Bertz CT molecular complexity index is 1090. The summed E-state index contributed by atoms with van der Waals surface area (Å²) in [6.07, 6.45) is 0.519. The largest absolute Gasteiger partial charge is 0.379 e. The summed E-state index contributed by atoms with van der Waals surface area (Å²) in [5.41, 5.74) is 0.867. The molecule has 0 unspecified atom stereocenters. The molecule has 2 aliphatic rings. The van der Waals surface area contributed by atoms with Gasteiger partial charge in [0, 0.05) is 31.1 Å². The third-order valence-corrected chi connectivity index (χ3v) is 8.67. The Morgan fingerprint density at radius 2 is 2.00 bits per heavy atom. The van der Waals surface area contributed by atoms with Crippen molar-refractivity contribution in [2.24, 2.45) is 5.92 Å². The van der Waals surface area contributed by atoms with Crippen molar-refractivity contribution in [1.29, 1.82) is 0 Å². The number of sulfone groups is 1. The SMILES string of the molecule is CC(C)CN(C(=O)CSc1nc(CN2CCOCC2)nc2ccccc12)[C@H]1CCS(=O)(=O)C1. The molecular weight excluding hydrogens is 460 g/mol. The Hall–Kier alpha value is -1.75. The number of hydrogen-bond acceptors (Lipinski definition) is 8. The molecule has 10 heteroatoms. The Morgan fingerprint density at radius 3 is 2.70 bits per heavy atom. The lowest BCUT2D eigenvalue weighted by atomic mass is 10.1. The molecule has 2 aromatic rings. The van der Waals surface area contributed by atoms with Crippen LogP contribution in [-0.4, -0.2) is 90.2 Å². The van der Waals surface area contributed by atoms with Gasteiger partial charge in [0.15, 0.2) is 9.84 Å². The quantitative estimate of drug-likeness (QED) is 0.409. The minimum absolute atomic E-state index is 0.0341. The van der Waals surface area contributed by atoms with E-state index in [1.165, 1.54) is 11.8 Å². The summed E-state index contributed by atoms with van der Waals surface area (Å²) in [7, 11) is -3.06. The van der Waals surface area contributed by atoms with Crippen molar-refractivity contribution in [3.05, 3.63) is 30.1 Å². The van der Waals surface area contributed by atoms with Crippen LogP contribution in [-0.2, 0) is 25.9 Å². The van der Waals surface area contributed by atoms with E-state index in [2.05, 4.69) is 4.90 Å². The first kappa shape index (κ1) is 24.4. The van der Waals surface area contributed by atoms with Crippen LogP contribution in [0, 0.1) is 5.92 Å². The number of rotatable bonds is 8. The monoisotopic (exact) mass is 492 g/mol. The molecule has 1 aromatic heterocycles. The van der Waals surface area contributed by atoms with Crippen LogP contribution in [0.15, 0.2) is 29.3 Å². The molecule has 0 radical (unpaired) electrons. The predicted molar refractivity (Wildman–Crippen MR) is 130 cm³/mol. The summed E-state index contributed by atoms with van der Waals surface area (Å²) in [6.45, 7) is 8.44. The van der Waals surface area contributed by atoms with E-state index in [1.54, 1.807) is 4.90 Å². The van der Waals surface area contributed by atoms with E-state index in [-0.39, 0.29) is 35.1 Å². The number of fused-ring (bicyclic) bond motifs is 1. The van der Waals surface area contributed by atoms with E-state index < -0.39 is 9.84 Å². The lowest BCUT2D eigenvalue weighted by molar-refractivity contribution is -0.130. The van der Waals surface area contributed by atoms with Gasteiger partial charge in [-0.05, 0) is 18.4 Å². The van der Waals surface area contributed by atoms with Gasteiger partial charge in [0.1, 0.15) is 10.9 Å². The zero-order valence-corrected chi connectivity index (χ0v) is 20.9. The van der Waals surface area contributed by atoms with Crippen molar-refractivity contribution in [2.45, 2.75) is 37.9 Å². The fraction of sp³-hybridized carbons (Fsp3) is 0.609. The highest BCUT2D eigenvalue weighted by Crippen LogP contribution is 2.27. The maximum absolute atomic E-state index is 13.2. The van der Waals surface area contributed by atoms with E-state index in [9.17, 15) is 13.2 Å². The van der Waals surface area contributed by atoms with Crippen LogP contribution >= 0.6 is 11.8 Å². The number of benzene rings is 1. The molecule has 3 heterocycles. The molecule has 0 saturated carbocycles. The smallest absolute Gasteiger partial charge is 0.233 e. The van der Waals surface area contributed by atoms with Crippen molar-refractivity contribution in [3.8, 4) is 0 Å². The minimum Gasteiger partial charge on any atom is -0.379 e. The molecule has 1 amide bonds. The average molecular weight is 493 g/mol. The lowest BCUT2D eigenvalue weighted by Gasteiger charge is -2.30. The third-order valence-electron chi connectivity index (χ3n) is 5.95. The van der Waals surface area contributed by atoms with Gasteiger partial charge in [0.25, 0.3) is 0 Å². The fourth-order valence-electron chi connectivity index (χ4n) is 4.32. The van der Waals surface area contributed by atoms with Gasteiger partial charge in [-0.25, -0.2) is 18.4 Å². The number of thioether (sulfide) groups is 1. The van der Waals surface area contributed by atoms with Gasteiger partial charge in [-0.3, -0.25) is 9.69 Å². The van der Waals surface area contributed by atoms with Gasteiger partial charge in [0.05, 0.1) is 42.5 Å². The topological polar surface area (TPSA) is 92.7 Å². The second kappa shape index (κ2) is 10.7. The number of carbonyl (C=O) groups is 1. The molecule has 1 atom stereocenters. The Balaban J connectivity index is 1.51. The van der Waals surface area contributed by atoms with Gasteiger partial charge >= 0.3 is 0 Å². The van der Waals surface area contributed by atoms with Gasteiger partial charge in [-0.1, -0.05) is 43.8 Å². The van der Waals surface area contributed by atoms with Gasteiger partial charge in [0.2, 0.25) is 5.91 Å². The zero-order valence-electron chi connectivity index (χ0n) is 19.3. The van der Waals surface area contributed by atoms with Crippen molar-refractivity contribution in [1.82, 2.24) is 19.8 Å². The number of morpholine rings is 1. The number of ether oxygens (including phenoxy) is 1. The number of para-hydroxylation sites is 1. The molecule has 1 aromatic carbocycles. The van der Waals surface area contributed by atoms with Crippen molar-refractivity contribution < 1.29 is 17.9 Å². The Labute approximate surface area is 200 Å². The highest BCUT2D eigenvalue weighted by atomic mass is 32.2. The first-order chi connectivity index (χ1) is 15.8. The third kappa shape index (κ3) is 6.44.